The Morgan fingerprint density at radius 2 is 2.24 bits per heavy atom. The predicted molar refractivity (Wildman–Crippen MR) is 70.3 cm³/mol. The number of fused-ring (bicyclic) bond motifs is 2. The molecule has 0 saturated carbocycles. The predicted octanol–water partition coefficient (Wildman–Crippen LogP) is 2.81. The summed E-state index contributed by atoms with van der Waals surface area (Å²) in [5.74, 6) is 1.51. The molecule has 1 saturated heterocycles. The van der Waals surface area contributed by atoms with Gasteiger partial charge in [0.05, 0.1) is 0 Å². The topological polar surface area (TPSA) is 27.8 Å². The van der Waals surface area contributed by atoms with Crippen molar-refractivity contribution in [1.82, 2.24) is 10.3 Å². The summed E-state index contributed by atoms with van der Waals surface area (Å²) in [6, 6.07) is 7.37. The van der Waals surface area contributed by atoms with Crippen LogP contribution in [0.25, 0.3) is 10.9 Å². The van der Waals surface area contributed by atoms with Crippen LogP contribution in [-0.2, 0) is 6.42 Å². The van der Waals surface area contributed by atoms with Crippen LogP contribution in [0.3, 0.4) is 0 Å². The molecule has 1 aliphatic carbocycles. The monoisotopic (exact) mass is 226 g/mol. The Morgan fingerprint density at radius 3 is 3.18 bits per heavy atom. The van der Waals surface area contributed by atoms with E-state index < -0.39 is 0 Å². The molecule has 2 heterocycles. The minimum atomic E-state index is 0.653. The van der Waals surface area contributed by atoms with Gasteiger partial charge in [0.1, 0.15) is 0 Å². The van der Waals surface area contributed by atoms with E-state index in [4.69, 9.17) is 0 Å². The second-order valence-corrected chi connectivity index (χ2v) is 5.75. The molecule has 3 atom stereocenters. The van der Waals surface area contributed by atoms with Gasteiger partial charge in [-0.3, -0.25) is 0 Å². The van der Waals surface area contributed by atoms with Crippen molar-refractivity contribution in [3.8, 4) is 0 Å². The standard InChI is InChI=1S/C15H18N2/c1-9-5-12-11-3-2-4-13-15(11)10(8-17-13)6-14(12)16-7-9/h2-4,8-9,12,14,16-17H,5-7H2,1H3/t9-,12?,14-/m1/s1. The summed E-state index contributed by atoms with van der Waals surface area (Å²) in [6.45, 7) is 3.53. The van der Waals surface area contributed by atoms with E-state index in [2.05, 4.69) is 41.6 Å². The fourth-order valence-electron chi connectivity index (χ4n) is 3.73. The number of hydrogen-bond donors (Lipinski definition) is 2. The maximum atomic E-state index is 3.73. The highest BCUT2D eigenvalue weighted by Gasteiger charge is 2.34. The molecule has 4 rings (SSSR count). The van der Waals surface area contributed by atoms with E-state index in [1.54, 1.807) is 5.56 Å². The highest BCUT2D eigenvalue weighted by Crippen LogP contribution is 2.41. The maximum Gasteiger partial charge on any atom is 0.0459 e. The Balaban J connectivity index is 1.92. The molecule has 1 unspecified atom stereocenters. The van der Waals surface area contributed by atoms with Crippen molar-refractivity contribution in [3.05, 3.63) is 35.5 Å². The third-order valence-electron chi connectivity index (χ3n) is 4.53. The van der Waals surface area contributed by atoms with Crippen molar-refractivity contribution in [3.63, 3.8) is 0 Å². The molecule has 2 nitrogen and oxygen atoms in total. The zero-order valence-corrected chi connectivity index (χ0v) is 10.2. The molecule has 88 valence electrons. The molecule has 1 aromatic carbocycles. The Bertz CT molecular complexity index is 569. The minimum Gasteiger partial charge on any atom is -0.361 e. The molecule has 0 spiro atoms. The van der Waals surface area contributed by atoms with Crippen LogP contribution in [0.4, 0.5) is 0 Å². The normalized spacial score (nSPS) is 31.5. The molecule has 2 aromatic rings. The van der Waals surface area contributed by atoms with E-state index >= 15 is 0 Å². The molecule has 1 aliphatic heterocycles. The van der Waals surface area contributed by atoms with Gasteiger partial charge in [0.2, 0.25) is 0 Å². The van der Waals surface area contributed by atoms with Crippen molar-refractivity contribution in [2.45, 2.75) is 31.7 Å². The highest BCUT2D eigenvalue weighted by atomic mass is 14.9. The minimum absolute atomic E-state index is 0.653. The van der Waals surface area contributed by atoms with Crippen molar-refractivity contribution in [1.29, 1.82) is 0 Å². The van der Waals surface area contributed by atoms with Crippen LogP contribution in [0.5, 0.6) is 0 Å². The van der Waals surface area contributed by atoms with Crippen LogP contribution in [0, 0.1) is 5.92 Å². The van der Waals surface area contributed by atoms with E-state index in [9.17, 15) is 0 Å². The number of aromatic nitrogens is 1. The number of benzene rings is 1. The summed E-state index contributed by atoms with van der Waals surface area (Å²) in [6.07, 6.45) is 4.72. The Morgan fingerprint density at radius 1 is 1.29 bits per heavy atom. The molecule has 1 fully saturated rings. The number of aromatic amines is 1. The van der Waals surface area contributed by atoms with Crippen LogP contribution in [0.1, 0.15) is 30.4 Å². The third-order valence-corrected chi connectivity index (χ3v) is 4.53. The first-order valence-electron chi connectivity index (χ1n) is 6.65. The van der Waals surface area contributed by atoms with Gasteiger partial charge in [0.25, 0.3) is 0 Å². The summed E-state index contributed by atoms with van der Waals surface area (Å²) in [5, 5.41) is 5.23. The third kappa shape index (κ3) is 1.31. The average molecular weight is 226 g/mol. The van der Waals surface area contributed by atoms with Crippen molar-refractivity contribution < 1.29 is 0 Å². The molecule has 0 radical (unpaired) electrons. The lowest BCUT2D eigenvalue weighted by molar-refractivity contribution is 0.282. The lowest BCUT2D eigenvalue weighted by atomic mass is 9.74. The first-order chi connectivity index (χ1) is 8.33. The van der Waals surface area contributed by atoms with Gasteiger partial charge in [-0.1, -0.05) is 19.1 Å². The molecule has 2 N–H and O–H groups in total. The zero-order valence-electron chi connectivity index (χ0n) is 10.2. The largest absolute Gasteiger partial charge is 0.361 e. The van der Waals surface area contributed by atoms with Gasteiger partial charge in [-0.2, -0.15) is 0 Å². The van der Waals surface area contributed by atoms with Gasteiger partial charge in [-0.05, 0) is 42.5 Å². The van der Waals surface area contributed by atoms with Crippen molar-refractivity contribution >= 4 is 10.9 Å². The Labute approximate surface area is 101 Å². The number of nitrogens with one attached hydrogen (secondary N) is 2. The quantitative estimate of drug-likeness (QED) is 0.710. The smallest absolute Gasteiger partial charge is 0.0459 e. The summed E-state index contributed by atoms with van der Waals surface area (Å²) in [5.41, 5.74) is 4.38. The number of hydrogen-bond acceptors (Lipinski definition) is 1. The second kappa shape index (κ2) is 3.36. The van der Waals surface area contributed by atoms with Gasteiger partial charge in [-0.25, -0.2) is 0 Å². The molecule has 0 amide bonds. The molecule has 17 heavy (non-hydrogen) atoms. The van der Waals surface area contributed by atoms with E-state index in [1.807, 2.05) is 0 Å². The molecule has 2 aliphatic rings. The lowest BCUT2D eigenvalue weighted by Gasteiger charge is -2.39. The number of rotatable bonds is 0. The van der Waals surface area contributed by atoms with Gasteiger partial charge in [0, 0.05) is 29.1 Å². The second-order valence-electron chi connectivity index (χ2n) is 5.75. The van der Waals surface area contributed by atoms with Gasteiger partial charge in [-0.15, -0.1) is 0 Å². The fourth-order valence-corrected chi connectivity index (χ4v) is 3.73. The molecular weight excluding hydrogens is 208 g/mol. The lowest BCUT2D eigenvalue weighted by Crippen LogP contribution is -2.46. The molecular formula is C15H18N2. The fraction of sp³-hybridized carbons (Fsp3) is 0.467. The number of H-pyrrole nitrogens is 1. The summed E-state index contributed by atoms with van der Waals surface area (Å²) in [4.78, 5) is 3.41. The summed E-state index contributed by atoms with van der Waals surface area (Å²) in [7, 11) is 0. The van der Waals surface area contributed by atoms with Crippen molar-refractivity contribution in [2.75, 3.05) is 6.54 Å². The van der Waals surface area contributed by atoms with Crippen LogP contribution >= 0.6 is 0 Å². The summed E-state index contributed by atoms with van der Waals surface area (Å²) < 4.78 is 0. The first kappa shape index (κ1) is 9.72. The maximum absolute atomic E-state index is 3.73. The van der Waals surface area contributed by atoms with E-state index in [0.717, 1.165) is 5.92 Å². The van der Waals surface area contributed by atoms with Crippen LogP contribution in [0.15, 0.2) is 24.4 Å². The van der Waals surface area contributed by atoms with Crippen LogP contribution < -0.4 is 5.32 Å². The van der Waals surface area contributed by atoms with Crippen molar-refractivity contribution in [2.24, 2.45) is 5.92 Å². The molecule has 2 heteroatoms. The molecule has 1 aromatic heterocycles. The van der Waals surface area contributed by atoms with Gasteiger partial charge >= 0.3 is 0 Å². The molecule has 0 bridgehead atoms. The Hall–Kier alpha value is -1.28. The SMILES string of the molecule is C[C@H]1CN[C@@H]2Cc3c[nH]c4cccc(c34)C2C1. The highest BCUT2D eigenvalue weighted by molar-refractivity contribution is 5.88. The van der Waals surface area contributed by atoms with Gasteiger partial charge in [0.15, 0.2) is 0 Å². The summed E-state index contributed by atoms with van der Waals surface area (Å²) >= 11 is 0. The van der Waals surface area contributed by atoms with E-state index in [0.29, 0.717) is 12.0 Å². The van der Waals surface area contributed by atoms with Gasteiger partial charge < -0.3 is 10.3 Å². The Kier molecular flexibility index (Phi) is 1.92. The average Bonchev–Trinajstić information content (AvgIpc) is 2.75. The van der Waals surface area contributed by atoms with E-state index in [-0.39, 0.29) is 0 Å². The first-order valence-corrected chi connectivity index (χ1v) is 6.65. The van der Waals surface area contributed by atoms with Crippen LogP contribution in [0.2, 0.25) is 0 Å². The zero-order chi connectivity index (χ0) is 11.4. The number of piperidine rings is 1. The van der Waals surface area contributed by atoms with E-state index in [1.165, 1.54) is 35.9 Å². The van der Waals surface area contributed by atoms with Crippen LogP contribution in [-0.4, -0.2) is 17.6 Å².